The van der Waals surface area contributed by atoms with Crippen LogP contribution in [-0.4, -0.2) is 0 Å². The third-order valence-corrected chi connectivity index (χ3v) is 2.15. The van der Waals surface area contributed by atoms with E-state index in [1.807, 2.05) is 0 Å². The van der Waals surface area contributed by atoms with Crippen LogP contribution in [-0.2, 0) is 0 Å². The molecule has 13 heavy (non-hydrogen) atoms. The van der Waals surface area contributed by atoms with Crippen molar-refractivity contribution in [3.05, 3.63) is 33.6 Å². The van der Waals surface area contributed by atoms with Crippen LogP contribution in [0.25, 0.3) is 0 Å². The molecule has 5 heteroatoms. The smallest absolute Gasteiger partial charge is 0.142 e. The van der Waals surface area contributed by atoms with Gasteiger partial charge in [0.1, 0.15) is 5.82 Å². The quantitative estimate of drug-likeness (QED) is 0.751. The molecule has 0 radical (unpaired) electrons. The molecule has 0 saturated heterocycles. The minimum absolute atomic E-state index is 0. The van der Waals surface area contributed by atoms with Crippen molar-refractivity contribution in [2.45, 2.75) is 13.0 Å². The minimum Gasteiger partial charge on any atom is -0.324 e. The highest BCUT2D eigenvalue weighted by molar-refractivity contribution is 6.35. The standard InChI is InChI=1S/C8H8Cl2FN.ClH/c1-4(12)5-2-8(11)7(10)3-6(5)9;/h2-4H,12H2,1H3;1H. The van der Waals surface area contributed by atoms with Gasteiger partial charge in [-0.15, -0.1) is 12.4 Å². The Bertz CT molecular complexity index is 302. The van der Waals surface area contributed by atoms with Crippen molar-refractivity contribution in [1.29, 1.82) is 0 Å². The zero-order valence-electron chi connectivity index (χ0n) is 6.85. The molecule has 0 aliphatic carbocycles. The fourth-order valence-electron chi connectivity index (χ4n) is 0.887. The summed E-state index contributed by atoms with van der Waals surface area (Å²) in [4.78, 5) is 0. The predicted octanol–water partition coefficient (Wildman–Crippen LogP) is 3.57. The van der Waals surface area contributed by atoms with E-state index >= 15 is 0 Å². The number of hydrogen-bond acceptors (Lipinski definition) is 1. The van der Waals surface area contributed by atoms with Crippen LogP contribution in [0.2, 0.25) is 10.0 Å². The van der Waals surface area contributed by atoms with E-state index in [1.165, 1.54) is 12.1 Å². The summed E-state index contributed by atoms with van der Waals surface area (Å²) < 4.78 is 12.9. The average Bonchev–Trinajstić information content (AvgIpc) is 1.96. The van der Waals surface area contributed by atoms with Gasteiger partial charge in [-0.1, -0.05) is 23.2 Å². The zero-order chi connectivity index (χ0) is 9.30. The molecule has 0 spiro atoms. The van der Waals surface area contributed by atoms with Gasteiger partial charge in [-0.3, -0.25) is 0 Å². The Labute approximate surface area is 92.4 Å². The number of halogens is 4. The van der Waals surface area contributed by atoms with Crippen LogP contribution in [0, 0.1) is 5.82 Å². The van der Waals surface area contributed by atoms with Crippen molar-refractivity contribution in [1.82, 2.24) is 0 Å². The lowest BCUT2D eigenvalue weighted by atomic mass is 10.1. The number of benzene rings is 1. The molecule has 0 amide bonds. The summed E-state index contributed by atoms with van der Waals surface area (Å²) in [5.41, 5.74) is 6.11. The zero-order valence-corrected chi connectivity index (χ0v) is 9.18. The molecule has 0 saturated carbocycles. The topological polar surface area (TPSA) is 26.0 Å². The molecule has 1 aromatic rings. The third kappa shape index (κ3) is 2.99. The summed E-state index contributed by atoms with van der Waals surface area (Å²) in [5.74, 6) is -0.492. The Balaban J connectivity index is 0.00000144. The maximum absolute atomic E-state index is 12.9. The van der Waals surface area contributed by atoms with Gasteiger partial charge in [-0.05, 0) is 24.6 Å². The maximum Gasteiger partial charge on any atom is 0.142 e. The Morgan fingerprint density at radius 3 is 2.31 bits per heavy atom. The molecule has 0 aliphatic heterocycles. The second-order valence-electron chi connectivity index (χ2n) is 2.58. The van der Waals surface area contributed by atoms with E-state index in [4.69, 9.17) is 28.9 Å². The van der Waals surface area contributed by atoms with Gasteiger partial charge in [0, 0.05) is 11.1 Å². The minimum atomic E-state index is -0.492. The highest BCUT2D eigenvalue weighted by Crippen LogP contribution is 2.27. The summed E-state index contributed by atoms with van der Waals surface area (Å²) in [6.07, 6.45) is 0. The second-order valence-corrected chi connectivity index (χ2v) is 3.39. The highest BCUT2D eigenvalue weighted by Gasteiger charge is 2.09. The Morgan fingerprint density at radius 2 is 1.85 bits per heavy atom. The summed E-state index contributed by atoms with van der Waals surface area (Å²) in [5, 5.41) is 0.417. The van der Waals surface area contributed by atoms with Crippen molar-refractivity contribution in [3.8, 4) is 0 Å². The number of nitrogens with two attached hydrogens (primary N) is 1. The lowest BCUT2D eigenvalue weighted by Crippen LogP contribution is -2.06. The van der Waals surface area contributed by atoms with Crippen molar-refractivity contribution in [2.75, 3.05) is 0 Å². The fraction of sp³-hybridized carbons (Fsp3) is 0.250. The molecular weight excluding hydrogens is 235 g/mol. The van der Waals surface area contributed by atoms with Crippen molar-refractivity contribution in [3.63, 3.8) is 0 Å². The van der Waals surface area contributed by atoms with E-state index in [9.17, 15) is 4.39 Å². The molecule has 2 N–H and O–H groups in total. The molecule has 0 heterocycles. The molecule has 74 valence electrons. The van der Waals surface area contributed by atoms with Gasteiger partial charge >= 0.3 is 0 Å². The largest absolute Gasteiger partial charge is 0.324 e. The molecule has 1 unspecified atom stereocenters. The van der Waals surface area contributed by atoms with E-state index in [0.717, 1.165) is 0 Å². The summed E-state index contributed by atoms with van der Waals surface area (Å²) in [6, 6.07) is 2.33. The third-order valence-electron chi connectivity index (χ3n) is 1.53. The van der Waals surface area contributed by atoms with Crippen molar-refractivity contribution >= 4 is 35.6 Å². The van der Waals surface area contributed by atoms with E-state index in [-0.39, 0.29) is 23.5 Å². The van der Waals surface area contributed by atoms with Gasteiger partial charge in [-0.2, -0.15) is 0 Å². The number of rotatable bonds is 1. The summed E-state index contributed by atoms with van der Waals surface area (Å²) in [7, 11) is 0. The molecule has 0 aromatic heterocycles. The van der Waals surface area contributed by atoms with Gasteiger partial charge in [0.05, 0.1) is 5.02 Å². The van der Waals surface area contributed by atoms with Gasteiger partial charge in [0.15, 0.2) is 0 Å². The first-order chi connectivity index (χ1) is 5.52. The van der Waals surface area contributed by atoms with Gasteiger partial charge in [-0.25, -0.2) is 4.39 Å². The van der Waals surface area contributed by atoms with Crippen LogP contribution in [0.5, 0.6) is 0 Å². The predicted molar refractivity (Wildman–Crippen MR) is 56.3 cm³/mol. The first kappa shape index (κ1) is 13.0. The van der Waals surface area contributed by atoms with E-state index in [1.54, 1.807) is 6.92 Å². The summed E-state index contributed by atoms with van der Waals surface area (Å²) >= 11 is 11.3. The van der Waals surface area contributed by atoms with Crippen LogP contribution in [0.1, 0.15) is 18.5 Å². The van der Waals surface area contributed by atoms with E-state index in [0.29, 0.717) is 10.6 Å². The molecule has 0 aliphatic rings. The normalized spacial score (nSPS) is 12.1. The average molecular weight is 245 g/mol. The van der Waals surface area contributed by atoms with Crippen LogP contribution in [0.4, 0.5) is 4.39 Å². The summed E-state index contributed by atoms with van der Waals surface area (Å²) in [6.45, 7) is 1.73. The van der Waals surface area contributed by atoms with E-state index in [2.05, 4.69) is 0 Å². The first-order valence-corrected chi connectivity index (χ1v) is 4.18. The SMILES string of the molecule is CC(N)c1cc(F)c(Cl)cc1Cl.Cl. The Morgan fingerprint density at radius 1 is 1.31 bits per heavy atom. The van der Waals surface area contributed by atoms with Gasteiger partial charge < -0.3 is 5.73 Å². The van der Waals surface area contributed by atoms with E-state index < -0.39 is 5.82 Å². The maximum atomic E-state index is 12.9. The fourth-order valence-corrected chi connectivity index (χ4v) is 1.44. The second kappa shape index (κ2) is 5.01. The molecule has 1 aromatic carbocycles. The van der Waals surface area contributed by atoms with Gasteiger partial charge in [0.2, 0.25) is 0 Å². The molecule has 1 nitrogen and oxygen atoms in total. The lowest BCUT2D eigenvalue weighted by Gasteiger charge is -2.08. The van der Waals surface area contributed by atoms with Crippen molar-refractivity contribution in [2.24, 2.45) is 5.73 Å². The van der Waals surface area contributed by atoms with Crippen LogP contribution in [0.3, 0.4) is 0 Å². The molecule has 1 atom stereocenters. The Kier molecular flexibility index (Phi) is 5.00. The Hall–Kier alpha value is -0.0200. The van der Waals surface area contributed by atoms with Crippen molar-refractivity contribution < 1.29 is 4.39 Å². The lowest BCUT2D eigenvalue weighted by molar-refractivity contribution is 0.623. The molecular formula is C8H9Cl3FN. The molecule has 0 fully saturated rings. The highest BCUT2D eigenvalue weighted by atomic mass is 35.5. The van der Waals surface area contributed by atoms with Gasteiger partial charge in [0.25, 0.3) is 0 Å². The molecule has 1 rings (SSSR count). The molecule has 0 bridgehead atoms. The number of hydrogen-bond donors (Lipinski definition) is 1. The van der Waals surface area contributed by atoms with Crippen LogP contribution < -0.4 is 5.73 Å². The van der Waals surface area contributed by atoms with Crippen LogP contribution in [0.15, 0.2) is 12.1 Å². The first-order valence-electron chi connectivity index (χ1n) is 3.42. The van der Waals surface area contributed by atoms with Crippen LogP contribution >= 0.6 is 35.6 Å². The monoisotopic (exact) mass is 243 g/mol.